The van der Waals surface area contributed by atoms with E-state index >= 15 is 0 Å². The summed E-state index contributed by atoms with van der Waals surface area (Å²) in [7, 11) is 0. The van der Waals surface area contributed by atoms with Crippen LogP contribution in [0.1, 0.15) is 24.0 Å². The van der Waals surface area contributed by atoms with E-state index in [1.165, 1.54) is 11.8 Å². The maximum Gasteiger partial charge on any atom is 0.237 e. The van der Waals surface area contributed by atoms with Crippen molar-refractivity contribution in [1.82, 2.24) is 9.97 Å². The molecule has 1 amide bonds. The van der Waals surface area contributed by atoms with Crippen molar-refractivity contribution in [3.05, 3.63) is 47.4 Å². The van der Waals surface area contributed by atoms with Crippen molar-refractivity contribution >= 4 is 23.4 Å². The van der Waals surface area contributed by atoms with Gasteiger partial charge in [0, 0.05) is 11.4 Å². The van der Waals surface area contributed by atoms with Gasteiger partial charge in [0.05, 0.1) is 5.25 Å². The topological polar surface area (TPSA) is 54.9 Å². The minimum absolute atomic E-state index is 0.0248. The van der Waals surface area contributed by atoms with Gasteiger partial charge >= 0.3 is 0 Å². The summed E-state index contributed by atoms with van der Waals surface area (Å²) in [5.74, 6) is 0.701. The monoisotopic (exact) mass is 301 g/mol. The Morgan fingerprint density at radius 2 is 1.90 bits per heavy atom. The molecule has 1 aromatic heterocycles. The number of thioether (sulfide) groups is 1. The van der Waals surface area contributed by atoms with Crippen LogP contribution < -0.4 is 5.32 Å². The number of rotatable bonds is 4. The molecule has 1 heterocycles. The lowest BCUT2D eigenvalue weighted by atomic mass is 10.2. The summed E-state index contributed by atoms with van der Waals surface area (Å²) < 4.78 is 0. The minimum Gasteiger partial charge on any atom is -0.325 e. The van der Waals surface area contributed by atoms with Crippen molar-refractivity contribution in [2.24, 2.45) is 0 Å². The molecule has 4 nitrogen and oxygen atoms in total. The summed E-state index contributed by atoms with van der Waals surface area (Å²) in [6.07, 6.45) is 0. The number of nitrogens with one attached hydrogen (secondary N) is 1. The van der Waals surface area contributed by atoms with Gasteiger partial charge in [-0.05, 0) is 45.4 Å². The quantitative estimate of drug-likeness (QED) is 0.693. The third-order valence-corrected chi connectivity index (χ3v) is 4.03. The van der Waals surface area contributed by atoms with E-state index in [0.29, 0.717) is 0 Å². The number of carbonyl (C=O) groups is 1. The van der Waals surface area contributed by atoms with Crippen LogP contribution in [0.25, 0.3) is 0 Å². The smallest absolute Gasteiger partial charge is 0.237 e. The molecule has 0 bridgehead atoms. The second-order valence-electron chi connectivity index (χ2n) is 4.96. The van der Waals surface area contributed by atoms with Crippen molar-refractivity contribution < 1.29 is 4.79 Å². The van der Waals surface area contributed by atoms with Crippen LogP contribution in [0.2, 0.25) is 0 Å². The van der Waals surface area contributed by atoms with Crippen molar-refractivity contribution in [1.29, 1.82) is 0 Å². The van der Waals surface area contributed by atoms with E-state index in [2.05, 4.69) is 15.3 Å². The zero-order chi connectivity index (χ0) is 15.4. The summed E-state index contributed by atoms with van der Waals surface area (Å²) in [5.41, 5.74) is 2.82. The molecule has 0 radical (unpaired) electrons. The summed E-state index contributed by atoms with van der Waals surface area (Å²) in [5, 5.41) is 3.56. The highest BCUT2D eigenvalue weighted by Crippen LogP contribution is 2.23. The lowest BCUT2D eigenvalue weighted by molar-refractivity contribution is -0.115. The van der Waals surface area contributed by atoms with E-state index in [-0.39, 0.29) is 11.2 Å². The number of nitrogens with zero attached hydrogens (tertiary/aromatic N) is 2. The van der Waals surface area contributed by atoms with Crippen molar-refractivity contribution in [3.63, 3.8) is 0 Å². The Morgan fingerprint density at radius 3 is 2.57 bits per heavy atom. The molecule has 1 N–H and O–H groups in total. The number of hydrogen-bond donors (Lipinski definition) is 1. The van der Waals surface area contributed by atoms with Crippen LogP contribution in [-0.2, 0) is 4.79 Å². The molecule has 0 fully saturated rings. The standard InChI is InChI=1S/C16H19N3OS/c1-10-7-5-6-8-14(10)19-16(20)12(3)21-15-9-11(2)17-13(4)18-15/h5-9,12H,1-4H3,(H,19,20). The fraction of sp³-hybridized carbons (Fsp3) is 0.312. The lowest BCUT2D eigenvalue weighted by Gasteiger charge is -2.13. The summed E-state index contributed by atoms with van der Waals surface area (Å²) >= 11 is 1.44. The van der Waals surface area contributed by atoms with Crippen LogP contribution in [0.5, 0.6) is 0 Å². The summed E-state index contributed by atoms with van der Waals surface area (Å²) in [4.78, 5) is 20.9. The molecule has 1 aromatic carbocycles. The predicted octanol–water partition coefficient (Wildman–Crippen LogP) is 3.52. The van der Waals surface area contributed by atoms with Crippen LogP contribution in [0, 0.1) is 20.8 Å². The van der Waals surface area contributed by atoms with Crippen molar-refractivity contribution in [2.45, 2.75) is 38.0 Å². The average Bonchev–Trinajstić information content (AvgIpc) is 2.40. The molecule has 1 unspecified atom stereocenters. The van der Waals surface area contributed by atoms with Crippen molar-refractivity contribution in [3.8, 4) is 0 Å². The number of anilines is 1. The van der Waals surface area contributed by atoms with Gasteiger partial charge in [-0.25, -0.2) is 9.97 Å². The summed E-state index contributed by atoms with van der Waals surface area (Å²) in [6.45, 7) is 7.64. The Morgan fingerprint density at radius 1 is 1.19 bits per heavy atom. The van der Waals surface area contributed by atoms with E-state index in [0.717, 1.165) is 27.8 Å². The van der Waals surface area contributed by atoms with Crippen LogP contribution in [0.15, 0.2) is 35.4 Å². The van der Waals surface area contributed by atoms with E-state index < -0.39 is 0 Å². The fourth-order valence-electron chi connectivity index (χ4n) is 1.93. The summed E-state index contributed by atoms with van der Waals surface area (Å²) in [6, 6.07) is 9.65. The van der Waals surface area contributed by atoms with Gasteiger partial charge in [0.15, 0.2) is 0 Å². The third kappa shape index (κ3) is 4.29. The number of para-hydroxylation sites is 1. The molecule has 0 spiro atoms. The Balaban J connectivity index is 2.04. The third-order valence-electron chi connectivity index (χ3n) is 3.01. The normalized spacial score (nSPS) is 12.0. The molecule has 0 saturated carbocycles. The van der Waals surface area contributed by atoms with Crippen LogP contribution in [-0.4, -0.2) is 21.1 Å². The van der Waals surface area contributed by atoms with Gasteiger partial charge in [-0.15, -0.1) is 0 Å². The number of benzene rings is 1. The molecule has 21 heavy (non-hydrogen) atoms. The maximum atomic E-state index is 12.3. The number of hydrogen-bond acceptors (Lipinski definition) is 4. The van der Waals surface area contributed by atoms with E-state index in [1.807, 2.05) is 58.0 Å². The lowest BCUT2D eigenvalue weighted by Crippen LogP contribution is -2.23. The highest BCUT2D eigenvalue weighted by molar-refractivity contribution is 8.00. The minimum atomic E-state index is -0.224. The molecular weight excluding hydrogens is 282 g/mol. The van der Waals surface area contributed by atoms with Gasteiger partial charge in [0.2, 0.25) is 5.91 Å². The van der Waals surface area contributed by atoms with Crippen LogP contribution >= 0.6 is 11.8 Å². The van der Waals surface area contributed by atoms with Gasteiger partial charge in [-0.1, -0.05) is 30.0 Å². The number of aromatic nitrogens is 2. The first kappa shape index (κ1) is 15.5. The zero-order valence-corrected chi connectivity index (χ0v) is 13.5. The average molecular weight is 301 g/mol. The van der Waals surface area contributed by atoms with Crippen molar-refractivity contribution in [2.75, 3.05) is 5.32 Å². The maximum absolute atomic E-state index is 12.3. The molecule has 5 heteroatoms. The number of aryl methyl sites for hydroxylation is 3. The second kappa shape index (κ2) is 6.72. The fourth-order valence-corrected chi connectivity index (χ4v) is 2.88. The zero-order valence-electron chi connectivity index (χ0n) is 12.7. The Labute approximate surface area is 129 Å². The molecule has 0 aliphatic heterocycles. The van der Waals surface area contributed by atoms with Gasteiger partial charge in [0.25, 0.3) is 0 Å². The van der Waals surface area contributed by atoms with Gasteiger partial charge in [-0.3, -0.25) is 4.79 Å². The SMILES string of the molecule is Cc1cc(SC(C)C(=O)Nc2ccccc2C)nc(C)n1. The molecule has 0 aliphatic carbocycles. The first-order valence-electron chi connectivity index (χ1n) is 6.81. The van der Waals surface area contributed by atoms with Gasteiger partial charge < -0.3 is 5.32 Å². The Kier molecular flexibility index (Phi) is 4.96. The van der Waals surface area contributed by atoms with E-state index in [9.17, 15) is 4.79 Å². The largest absolute Gasteiger partial charge is 0.325 e. The first-order chi connectivity index (χ1) is 9.95. The van der Waals surface area contributed by atoms with Gasteiger partial charge in [0.1, 0.15) is 10.9 Å². The first-order valence-corrected chi connectivity index (χ1v) is 7.69. The Hall–Kier alpha value is -1.88. The molecule has 2 rings (SSSR count). The number of amides is 1. The molecule has 1 atom stereocenters. The predicted molar refractivity (Wildman–Crippen MR) is 86.6 cm³/mol. The van der Waals surface area contributed by atoms with E-state index in [1.54, 1.807) is 0 Å². The number of carbonyl (C=O) groups excluding carboxylic acids is 1. The molecule has 2 aromatic rings. The van der Waals surface area contributed by atoms with E-state index in [4.69, 9.17) is 0 Å². The van der Waals surface area contributed by atoms with Crippen LogP contribution in [0.4, 0.5) is 5.69 Å². The molecular formula is C16H19N3OS. The highest BCUT2D eigenvalue weighted by atomic mass is 32.2. The molecule has 0 saturated heterocycles. The highest BCUT2D eigenvalue weighted by Gasteiger charge is 2.16. The Bertz CT molecular complexity index is 637. The second-order valence-corrected chi connectivity index (χ2v) is 6.32. The molecule has 0 aliphatic rings. The molecule has 110 valence electrons. The van der Waals surface area contributed by atoms with Gasteiger partial charge in [-0.2, -0.15) is 0 Å². The van der Waals surface area contributed by atoms with Crippen LogP contribution in [0.3, 0.4) is 0 Å².